The van der Waals surface area contributed by atoms with Gasteiger partial charge in [0.2, 0.25) is 0 Å². The fourth-order valence-corrected chi connectivity index (χ4v) is 2.79. The third-order valence-corrected chi connectivity index (χ3v) is 3.94. The van der Waals surface area contributed by atoms with Crippen LogP contribution >= 0.6 is 0 Å². The van der Waals surface area contributed by atoms with E-state index in [1.165, 1.54) is 0 Å². The van der Waals surface area contributed by atoms with Gasteiger partial charge in [0, 0.05) is 13.2 Å². The van der Waals surface area contributed by atoms with E-state index in [2.05, 4.69) is 10.6 Å². The van der Waals surface area contributed by atoms with Gasteiger partial charge in [-0.05, 0) is 49.4 Å². The maximum Gasteiger partial charge on any atom is 0.253 e. The van der Waals surface area contributed by atoms with Gasteiger partial charge in [0.05, 0.1) is 5.69 Å². The Morgan fingerprint density at radius 1 is 1.40 bits per heavy atom. The van der Waals surface area contributed by atoms with E-state index in [-0.39, 0.29) is 17.4 Å². The lowest BCUT2D eigenvalue weighted by atomic mass is 9.99. The van der Waals surface area contributed by atoms with Gasteiger partial charge >= 0.3 is 0 Å². The van der Waals surface area contributed by atoms with Gasteiger partial charge in [-0.15, -0.1) is 0 Å². The van der Waals surface area contributed by atoms with Gasteiger partial charge in [0.15, 0.2) is 0 Å². The Hall–Kier alpha value is -1.46. The maximum absolute atomic E-state index is 14.4. The summed E-state index contributed by atoms with van der Waals surface area (Å²) >= 11 is 0. The molecule has 1 aromatic carbocycles. The van der Waals surface area contributed by atoms with Crippen LogP contribution in [0.4, 0.5) is 10.1 Å². The minimum atomic E-state index is -0.444. The molecule has 4 nitrogen and oxygen atoms in total. The Balaban J connectivity index is 1.75. The largest absolute Gasteiger partial charge is 0.368 e. The van der Waals surface area contributed by atoms with Gasteiger partial charge in [0.1, 0.15) is 11.9 Å². The standard InChI is InChI=1S/C15H19FN2O2/c16-14-11-6-7-17-9-10(11)4-5-12(14)18-15(19)13-3-1-2-8-20-13/h4-5,13,17H,1-3,6-9H2,(H,18,19). The molecule has 0 aliphatic carbocycles. The molecule has 1 atom stereocenters. The first-order valence-corrected chi connectivity index (χ1v) is 7.19. The SMILES string of the molecule is O=C(Nc1ccc2c(c1F)CCNC2)C1CCCCO1. The lowest BCUT2D eigenvalue weighted by Crippen LogP contribution is -2.33. The molecule has 1 saturated heterocycles. The van der Waals surface area contributed by atoms with E-state index in [1.807, 2.05) is 6.07 Å². The Morgan fingerprint density at radius 3 is 3.10 bits per heavy atom. The zero-order chi connectivity index (χ0) is 13.9. The van der Waals surface area contributed by atoms with E-state index in [1.54, 1.807) is 6.07 Å². The minimum absolute atomic E-state index is 0.238. The predicted octanol–water partition coefficient (Wildman–Crippen LogP) is 1.98. The fraction of sp³-hybridized carbons (Fsp3) is 0.533. The van der Waals surface area contributed by atoms with Gasteiger partial charge in [-0.1, -0.05) is 6.07 Å². The lowest BCUT2D eigenvalue weighted by molar-refractivity contribution is -0.130. The van der Waals surface area contributed by atoms with Crippen molar-refractivity contribution in [2.75, 3.05) is 18.5 Å². The van der Waals surface area contributed by atoms with Crippen LogP contribution in [0, 0.1) is 5.82 Å². The van der Waals surface area contributed by atoms with Crippen LogP contribution in [-0.4, -0.2) is 25.2 Å². The molecule has 20 heavy (non-hydrogen) atoms. The zero-order valence-corrected chi connectivity index (χ0v) is 11.4. The van der Waals surface area contributed by atoms with E-state index >= 15 is 0 Å². The number of ether oxygens (including phenoxy) is 1. The molecule has 5 heteroatoms. The number of carbonyl (C=O) groups excluding carboxylic acids is 1. The average Bonchev–Trinajstić information content (AvgIpc) is 2.51. The fourth-order valence-electron chi connectivity index (χ4n) is 2.79. The molecule has 0 spiro atoms. The van der Waals surface area contributed by atoms with Crippen molar-refractivity contribution in [1.29, 1.82) is 0 Å². The van der Waals surface area contributed by atoms with Gasteiger partial charge in [0.25, 0.3) is 5.91 Å². The first-order valence-electron chi connectivity index (χ1n) is 7.19. The van der Waals surface area contributed by atoms with Crippen LogP contribution in [0.2, 0.25) is 0 Å². The summed E-state index contributed by atoms with van der Waals surface area (Å²) in [5.41, 5.74) is 1.96. The van der Waals surface area contributed by atoms with Crippen LogP contribution in [0.5, 0.6) is 0 Å². The molecule has 2 aliphatic heterocycles. The molecule has 2 heterocycles. The quantitative estimate of drug-likeness (QED) is 0.869. The third kappa shape index (κ3) is 2.69. The highest BCUT2D eigenvalue weighted by Gasteiger charge is 2.24. The van der Waals surface area contributed by atoms with Crippen LogP contribution in [0.15, 0.2) is 12.1 Å². The highest BCUT2D eigenvalue weighted by Crippen LogP contribution is 2.25. The van der Waals surface area contributed by atoms with Crippen LogP contribution in [-0.2, 0) is 22.5 Å². The highest BCUT2D eigenvalue weighted by molar-refractivity contribution is 5.94. The molecule has 2 N–H and O–H groups in total. The summed E-state index contributed by atoms with van der Waals surface area (Å²) in [5.74, 6) is -0.536. The summed E-state index contributed by atoms with van der Waals surface area (Å²) in [4.78, 5) is 12.1. The summed E-state index contributed by atoms with van der Waals surface area (Å²) < 4.78 is 19.8. The summed E-state index contributed by atoms with van der Waals surface area (Å²) in [5, 5.41) is 5.88. The number of hydrogen-bond acceptors (Lipinski definition) is 3. The van der Waals surface area contributed by atoms with Crippen LogP contribution in [0.1, 0.15) is 30.4 Å². The molecule has 1 aromatic rings. The summed E-state index contributed by atoms with van der Waals surface area (Å²) in [6.07, 6.45) is 2.90. The monoisotopic (exact) mass is 278 g/mol. The number of amides is 1. The number of fused-ring (bicyclic) bond motifs is 1. The molecule has 0 radical (unpaired) electrons. The molecule has 1 fully saturated rings. The molecule has 1 unspecified atom stereocenters. The number of nitrogens with one attached hydrogen (secondary N) is 2. The van der Waals surface area contributed by atoms with Crippen molar-refractivity contribution in [3.05, 3.63) is 29.1 Å². The first kappa shape index (κ1) is 13.5. The molecular formula is C15H19FN2O2. The highest BCUT2D eigenvalue weighted by atomic mass is 19.1. The number of hydrogen-bond donors (Lipinski definition) is 2. The van der Waals surface area contributed by atoms with Crippen molar-refractivity contribution in [1.82, 2.24) is 5.32 Å². The van der Waals surface area contributed by atoms with Crippen molar-refractivity contribution in [2.24, 2.45) is 0 Å². The Labute approximate surface area is 117 Å². The van der Waals surface area contributed by atoms with Gasteiger partial charge < -0.3 is 15.4 Å². The Bertz CT molecular complexity index is 513. The topological polar surface area (TPSA) is 50.4 Å². The van der Waals surface area contributed by atoms with E-state index in [0.29, 0.717) is 31.6 Å². The van der Waals surface area contributed by atoms with Crippen molar-refractivity contribution in [3.63, 3.8) is 0 Å². The van der Waals surface area contributed by atoms with Gasteiger partial charge in [-0.2, -0.15) is 0 Å². The number of carbonyl (C=O) groups is 1. The van der Waals surface area contributed by atoms with Crippen LogP contribution < -0.4 is 10.6 Å². The number of anilines is 1. The van der Waals surface area contributed by atoms with E-state index in [0.717, 1.165) is 24.9 Å². The Kier molecular flexibility index (Phi) is 3.98. The smallest absolute Gasteiger partial charge is 0.253 e. The number of rotatable bonds is 2. The molecular weight excluding hydrogens is 259 g/mol. The minimum Gasteiger partial charge on any atom is -0.368 e. The maximum atomic E-state index is 14.4. The second-order valence-electron chi connectivity index (χ2n) is 5.34. The normalized spacial score (nSPS) is 22.1. The number of halogens is 1. The molecule has 0 aromatic heterocycles. The predicted molar refractivity (Wildman–Crippen MR) is 74.0 cm³/mol. The van der Waals surface area contributed by atoms with Crippen molar-refractivity contribution >= 4 is 11.6 Å². The molecule has 0 bridgehead atoms. The van der Waals surface area contributed by atoms with E-state index < -0.39 is 6.10 Å². The second kappa shape index (κ2) is 5.89. The molecule has 1 amide bonds. The molecule has 0 saturated carbocycles. The van der Waals surface area contributed by atoms with Crippen LogP contribution in [0.3, 0.4) is 0 Å². The van der Waals surface area contributed by atoms with E-state index in [9.17, 15) is 9.18 Å². The van der Waals surface area contributed by atoms with Crippen molar-refractivity contribution in [2.45, 2.75) is 38.3 Å². The first-order chi connectivity index (χ1) is 9.75. The average molecular weight is 278 g/mol. The van der Waals surface area contributed by atoms with E-state index in [4.69, 9.17) is 4.74 Å². The van der Waals surface area contributed by atoms with Crippen molar-refractivity contribution < 1.29 is 13.9 Å². The molecule has 108 valence electrons. The van der Waals surface area contributed by atoms with Crippen LogP contribution in [0.25, 0.3) is 0 Å². The van der Waals surface area contributed by atoms with Crippen molar-refractivity contribution in [3.8, 4) is 0 Å². The lowest BCUT2D eigenvalue weighted by Gasteiger charge is -2.23. The molecule has 3 rings (SSSR count). The molecule has 2 aliphatic rings. The summed E-state index contributed by atoms with van der Waals surface area (Å²) in [7, 11) is 0. The Morgan fingerprint density at radius 2 is 2.30 bits per heavy atom. The van der Waals surface area contributed by atoms with Gasteiger partial charge in [-0.3, -0.25) is 4.79 Å². The summed E-state index contributed by atoms with van der Waals surface area (Å²) in [6, 6.07) is 3.52. The third-order valence-electron chi connectivity index (χ3n) is 3.94. The summed E-state index contributed by atoms with van der Waals surface area (Å²) in [6.45, 7) is 2.07. The second-order valence-corrected chi connectivity index (χ2v) is 5.34. The zero-order valence-electron chi connectivity index (χ0n) is 11.4. The number of benzene rings is 1. The van der Waals surface area contributed by atoms with Gasteiger partial charge in [-0.25, -0.2) is 4.39 Å².